The number of methoxy groups -OCH3 is 1. The van der Waals surface area contributed by atoms with Crippen molar-refractivity contribution in [2.24, 2.45) is 0 Å². The number of ether oxygens (including phenoxy) is 2. The molecule has 1 heterocycles. The fourth-order valence-corrected chi connectivity index (χ4v) is 1.78. The van der Waals surface area contributed by atoms with Crippen molar-refractivity contribution in [3.8, 4) is 0 Å². The number of halogens is 1. The molecule has 0 aromatic rings. The Morgan fingerprint density at radius 1 is 1.30 bits per heavy atom. The third kappa shape index (κ3) is 4.85. The van der Waals surface area contributed by atoms with Gasteiger partial charge in [-0.1, -0.05) is 15.9 Å². The van der Waals surface area contributed by atoms with Gasteiger partial charge >= 0.3 is 11.9 Å². The largest absolute Gasteiger partial charge is 0.464 e. The molecule has 110 valence electrons. The Kier molecular flexibility index (Phi) is 5.56. The molecule has 1 aliphatic heterocycles. The molecule has 0 radical (unpaired) electrons. The molecule has 1 N–H and O–H groups in total. The first kappa shape index (κ1) is 16.5. The van der Waals surface area contributed by atoms with Gasteiger partial charge in [0.05, 0.1) is 7.11 Å². The summed E-state index contributed by atoms with van der Waals surface area (Å²) < 4.78 is 9.96. The van der Waals surface area contributed by atoms with Gasteiger partial charge in [-0.25, -0.2) is 9.59 Å². The van der Waals surface area contributed by atoms with Crippen LogP contribution in [0.5, 0.6) is 0 Å². The van der Waals surface area contributed by atoms with E-state index in [1.165, 1.54) is 7.11 Å². The lowest BCUT2D eigenvalue weighted by Gasteiger charge is -2.21. The van der Waals surface area contributed by atoms with Crippen LogP contribution in [0.1, 0.15) is 27.2 Å². The molecule has 0 unspecified atom stereocenters. The molecule has 1 rings (SSSR count). The molecule has 0 aromatic carbocycles. The summed E-state index contributed by atoms with van der Waals surface area (Å²) >= 11 is 3.23. The molecule has 5 nitrogen and oxygen atoms in total. The maximum atomic E-state index is 12.1. The summed E-state index contributed by atoms with van der Waals surface area (Å²) in [4.78, 5) is 25.4. The molecule has 0 bridgehead atoms. The minimum absolute atomic E-state index is 0.194. The van der Waals surface area contributed by atoms with E-state index in [0.29, 0.717) is 6.42 Å². The average molecular weight is 344 g/mol. The summed E-state index contributed by atoms with van der Waals surface area (Å²) in [7, 11) is 1.29. The molecular formula is C14H18BrNO4. The van der Waals surface area contributed by atoms with Crippen LogP contribution < -0.4 is 5.32 Å². The van der Waals surface area contributed by atoms with Crippen LogP contribution in [-0.4, -0.2) is 24.6 Å². The van der Waals surface area contributed by atoms with Crippen molar-refractivity contribution in [1.82, 2.24) is 5.32 Å². The summed E-state index contributed by atoms with van der Waals surface area (Å²) in [6.45, 7) is 5.33. The fourth-order valence-electron chi connectivity index (χ4n) is 1.46. The lowest BCUT2D eigenvalue weighted by atomic mass is 10.2. The minimum Gasteiger partial charge on any atom is -0.464 e. The molecule has 0 aliphatic carbocycles. The van der Waals surface area contributed by atoms with Gasteiger partial charge in [-0.15, -0.1) is 0 Å². The van der Waals surface area contributed by atoms with Crippen molar-refractivity contribution in [2.45, 2.75) is 32.8 Å². The Bertz CT molecular complexity index is 498. The lowest BCUT2D eigenvalue weighted by molar-refractivity contribution is -0.150. The highest BCUT2D eigenvalue weighted by molar-refractivity contribution is 9.11. The highest BCUT2D eigenvalue weighted by atomic mass is 79.9. The summed E-state index contributed by atoms with van der Waals surface area (Å²) in [5, 5.41) is 2.76. The van der Waals surface area contributed by atoms with E-state index in [1.54, 1.807) is 37.9 Å². The van der Waals surface area contributed by atoms with Crippen LogP contribution in [0.15, 0.2) is 34.1 Å². The van der Waals surface area contributed by atoms with Crippen molar-refractivity contribution in [2.75, 3.05) is 7.11 Å². The van der Waals surface area contributed by atoms with Gasteiger partial charge in [0.15, 0.2) is 0 Å². The van der Waals surface area contributed by atoms with E-state index in [4.69, 9.17) is 4.74 Å². The van der Waals surface area contributed by atoms with E-state index >= 15 is 0 Å². The van der Waals surface area contributed by atoms with Crippen molar-refractivity contribution < 1.29 is 19.1 Å². The maximum absolute atomic E-state index is 12.1. The number of rotatable bonds is 2. The van der Waals surface area contributed by atoms with Crippen molar-refractivity contribution in [1.29, 1.82) is 0 Å². The van der Waals surface area contributed by atoms with Crippen molar-refractivity contribution in [3.63, 3.8) is 0 Å². The standard InChI is InChI=1S/C14H18BrNO4/c1-14(2,3)20-13(18)11-7-9(8-15)5-6-10(16-11)12(17)19-4/h6-8,16H,5H2,1-4H3/b9-8-. The maximum Gasteiger partial charge on any atom is 0.355 e. The van der Waals surface area contributed by atoms with Crippen molar-refractivity contribution >= 4 is 27.9 Å². The predicted molar refractivity (Wildman–Crippen MR) is 78.8 cm³/mol. The predicted octanol–water partition coefficient (Wildman–Crippen LogP) is 2.54. The Balaban J connectivity index is 3.03. The van der Waals surface area contributed by atoms with Gasteiger partial charge in [-0.3, -0.25) is 0 Å². The SMILES string of the molecule is COC(=O)C1=CC/C(=C/Br)C=C(C(=O)OC(C)(C)C)N1. The van der Waals surface area contributed by atoms with E-state index in [0.717, 1.165) is 5.57 Å². The lowest BCUT2D eigenvalue weighted by Crippen LogP contribution is -2.31. The monoisotopic (exact) mass is 343 g/mol. The zero-order valence-corrected chi connectivity index (χ0v) is 13.5. The first-order valence-electron chi connectivity index (χ1n) is 6.06. The first-order valence-corrected chi connectivity index (χ1v) is 6.98. The second-order valence-electron chi connectivity index (χ2n) is 5.18. The molecule has 0 atom stereocenters. The summed E-state index contributed by atoms with van der Waals surface area (Å²) in [6.07, 6.45) is 3.79. The second-order valence-corrected chi connectivity index (χ2v) is 5.64. The third-order valence-electron chi connectivity index (χ3n) is 2.31. The Labute approximate surface area is 126 Å². The number of allylic oxidation sites excluding steroid dienone is 3. The quantitative estimate of drug-likeness (QED) is 0.780. The van der Waals surface area contributed by atoms with Crippen LogP contribution in [0.4, 0.5) is 0 Å². The van der Waals surface area contributed by atoms with Gasteiger partial charge in [-0.2, -0.15) is 0 Å². The number of hydrogen-bond donors (Lipinski definition) is 1. The topological polar surface area (TPSA) is 64.6 Å². The average Bonchev–Trinajstić information content (AvgIpc) is 2.58. The van der Waals surface area contributed by atoms with Gasteiger partial charge in [0.1, 0.15) is 17.0 Å². The van der Waals surface area contributed by atoms with E-state index in [9.17, 15) is 9.59 Å². The van der Waals surface area contributed by atoms with Gasteiger partial charge in [0.25, 0.3) is 0 Å². The van der Waals surface area contributed by atoms with Crippen molar-refractivity contribution in [3.05, 3.63) is 34.1 Å². The minimum atomic E-state index is -0.612. The van der Waals surface area contributed by atoms with E-state index in [2.05, 4.69) is 26.0 Å². The highest BCUT2D eigenvalue weighted by Crippen LogP contribution is 2.18. The van der Waals surface area contributed by atoms with Crippen LogP contribution >= 0.6 is 15.9 Å². The zero-order valence-electron chi connectivity index (χ0n) is 12.0. The number of nitrogens with one attached hydrogen (secondary N) is 1. The molecular weight excluding hydrogens is 326 g/mol. The fraction of sp³-hybridized carbons (Fsp3) is 0.429. The highest BCUT2D eigenvalue weighted by Gasteiger charge is 2.24. The molecule has 0 saturated heterocycles. The Morgan fingerprint density at radius 3 is 2.45 bits per heavy atom. The Hall–Kier alpha value is -1.56. The molecule has 0 amide bonds. The van der Waals surface area contributed by atoms with Gasteiger partial charge in [0, 0.05) is 0 Å². The van der Waals surface area contributed by atoms with Crippen LogP contribution in [0.2, 0.25) is 0 Å². The van der Waals surface area contributed by atoms with Gasteiger partial charge in [-0.05, 0) is 49.9 Å². The van der Waals surface area contributed by atoms with E-state index < -0.39 is 17.5 Å². The summed E-state index contributed by atoms with van der Waals surface area (Å²) in [5.41, 5.74) is 0.630. The molecule has 1 aliphatic rings. The molecule has 20 heavy (non-hydrogen) atoms. The van der Waals surface area contributed by atoms with Crippen LogP contribution in [-0.2, 0) is 19.1 Å². The van der Waals surface area contributed by atoms with Crippen LogP contribution in [0, 0.1) is 0 Å². The Morgan fingerprint density at radius 2 is 1.95 bits per heavy atom. The van der Waals surface area contributed by atoms with Crippen LogP contribution in [0.25, 0.3) is 0 Å². The summed E-state index contributed by atoms with van der Waals surface area (Å²) in [5.74, 6) is -1.06. The van der Waals surface area contributed by atoms with Crippen LogP contribution in [0.3, 0.4) is 0 Å². The molecule has 0 spiro atoms. The third-order valence-corrected chi connectivity index (χ3v) is 2.89. The molecule has 6 heteroatoms. The number of esters is 2. The number of carbonyl (C=O) groups excluding carboxylic acids is 2. The zero-order chi connectivity index (χ0) is 15.3. The number of hydrogen-bond acceptors (Lipinski definition) is 5. The number of carbonyl (C=O) groups is 2. The second kappa shape index (κ2) is 6.74. The first-order chi connectivity index (χ1) is 9.26. The molecule has 0 saturated carbocycles. The summed E-state index contributed by atoms with van der Waals surface area (Å²) in [6, 6.07) is 0. The van der Waals surface area contributed by atoms with Gasteiger partial charge < -0.3 is 14.8 Å². The normalized spacial score (nSPS) is 17.6. The molecule has 0 aromatic heterocycles. The van der Waals surface area contributed by atoms with E-state index in [-0.39, 0.29) is 11.4 Å². The molecule has 0 fully saturated rings. The smallest absolute Gasteiger partial charge is 0.355 e. The van der Waals surface area contributed by atoms with Gasteiger partial charge in [0.2, 0.25) is 0 Å². The van der Waals surface area contributed by atoms with E-state index in [1.807, 2.05) is 0 Å².